The van der Waals surface area contributed by atoms with Gasteiger partial charge in [-0.15, -0.1) is 0 Å². The molecule has 0 heterocycles. The van der Waals surface area contributed by atoms with E-state index in [2.05, 4.69) is 35.9 Å². The summed E-state index contributed by atoms with van der Waals surface area (Å²) in [5.74, 6) is 0. The maximum atomic E-state index is 2.79. The van der Waals surface area contributed by atoms with Crippen LogP contribution in [0.15, 0.2) is 0 Å². The first-order valence-electron chi connectivity index (χ1n) is 2.26. The van der Waals surface area contributed by atoms with Crippen LogP contribution in [-0.4, -0.2) is 24.4 Å². The van der Waals surface area contributed by atoms with Crippen molar-refractivity contribution >= 4 is 24.4 Å². The van der Waals surface area contributed by atoms with Gasteiger partial charge in [0.15, 0.2) is 0 Å². The molecular weight excluding hydrogens is 103 g/mol. The zero-order chi connectivity index (χ0) is 5.21. The van der Waals surface area contributed by atoms with E-state index in [1.54, 1.807) is 0 Å². The van der Waals surface area contributed by atoms with Gasteiger partial charge in [0.2, 0.25) is 0 Å². The first-order chi connectivity index (χ1) is 2.56. The van der Waals surface area contributed by atoms with Crippen LogP contribution in [0.3, 0.4) is 0 Å². The van der Waals surface area contributed by atoms with E-state index in [9.17, 15) is 0 Å². The van der Waals surface area contributed by atoms with Crippen molar-refractivity contribution in [2.75, 3.05) is 0 Å². The van der Waals surface area contributed by atoms with Gasteiger partial charge in [0.05, 0.1) is 0 Å². The Morgan fingerprint density at radius 3 is 1.50 bits per heavy atom. The predicted molar refractivity (Wildman–Crippen MR) is 33.9 cm³/mol. The Morgan fingerprint density at radius 2 is 1.50 bits per heavy atom. The van der Waals surface area contributed by atoms with E-state index >= 15 is 0 Å². The molecule has 2 heteroatoms. The molecule has 0 aliphatic heterocycles. The summed E-state index contributed by atoms with van der Waals surface area (Å²) in [6.07, 6.45) is 0. The predicted octanol–water partition coefficient (Wildman–Crippen LogP) is 1.45. The molecule has 0 unspecified atom stereocenters. The molecule has 0 N–H and O–H groups in total. The monoisotopic (exact) mass is 114 g/mol. The SMILES string of the molecule is C[Si](C)(C)[CH2][Al+]. The van der Waals surface area contributed by atoms with E-state index in [-0.39, 0.29) is 0 Å². The summed E-state index contributed by atoms with van der Waals surface area (Å²) in [7, 11) is -0.668. The fraction of sp³-hybridized carbons (Fsp3) is 1.00. The van der Waals surface area contributed by atoms with Gasteiger partial charge in [-0.2, -0.15) is 0 Å². The molecule has 0 amide bonds. The first kappa shape index (κ1) is 6.75. The standard InChI is InChI=1S/C4H11Si.Al/c1-5(2,3)4;/h1H2,2-4H3;/q;+1. The molecule has 33 valence electrons. The van der Waals surface area contributed by atoms with Gasteiger partial charge in [-0.1, -0.05) is 0 Å². The van der Waals surface area contributed by atoms with Gasteiger partial charge in [-0.25, -0.2) is 0 Å². The van der Waals surface area contributed by atoms with Gasteiger partial charge in [-0.05, 0) is 0 Å². The van der Waals surface area contributed by atoms with E-state index in [1.165, 1.54) is 4.91 Å². The quantitative estimate of drug-likeness (QED) is 0.453. The van der Waals surface area contributed by atoms with Crippen LogP contribution in [0.5, 0.6) is 0 Å². The Kier molecular flexibility index (Phi) is 2.43. The van der Waals surface area contributed by atoms with Crippen LogP contribution < -0.4 is 0 Å². The molecule has 0 bridgehead atoms. The molecule has 0 rings (SSSR count). The van der Waals surface area contributed by atoms with Crippen molar-refractivity contribution in [3.8, 4) is 0 Å². The van der Waals surface area contributed by atoms with Gasteiger partial charge in [0.25, 0.3) is 0 Å². The van der Waals surface area contributed by atoms with E-state index in [1.807, 2.05) is 0 Å². The van der Waals surface area contributed by atoms with Crippen molar-refractivity contribution in [2.45, 2.75) is 24.5 Å². The number of hydrogen-bond acceptors (Lipinski definition) is 0. The Hall–Kier alpha value is 0.749. The van der Waals surface area contributed by atoms with Crippen LogP contribution in [0.2, 0.25) is 24.5 Å². The van der Waals surface area contributed by atoms with Crippen LogP contribution in [0.25, 0.3) is 0 Å². The molecule has 0 aromatic carbocycles. The molecular formula is C4H11AlSi+. The first-order valence-corrected chi connectivity index (χ1v) is 6.79. The molecule has 0 spiro atoms. The van der Waals surface area contributed by atoms with E-state index in [4.69, 9.17) is 0 Å². The number of hydrogen-bond donors (Lipinski definition) is 0. The van der Waals surface area contributed by atoms with Crippen LogP contribution in [0, 0.1) is 0 Å². The van der Waals surface area contributed by atoms with E-state index < -0.39 is 8.07 Å². The molecule has 0 saturated carbocycles. The fourth-order valence-corrected chi connectivity index (χ4v) is 0. The van der Waals surface area contributed by atoms with Crippen LogP contribution in [0.4, 0.5) is 0 Å². The summed E-state index contributed by atoms with van der Waals surface area (Å²) in [6.45, 7) is 7.08. The molecule has 0 atom stereocenters. The Bertz CT molecular complexity index is 37.3. The topological polar surface area (TPSA) is 0 Å². The Morgan fingerprint density at radius 1 is 1.33 bits per heavy atom. The second kappa shape index (κ2) is 2.16. The summed E-state index contributed by atoms with van der Waals surface area (Å²) in [5.41, 5.74) is 0. The van der Waals surface area contributed by atoms with Gasteiger partial charge in [0, 0.05) is 0 Å². The normalized spacial score (nSPS) is 11.7. The third-order valence-corrected chi connectivity index (χ3v) is 5.51. The molecule has 0 fully saturated rings. The van der Waals surface area contributed by atoms with Crippen LogP contribution in [-0.2, 0) is 0 Å². The van der Waals surface area contributed by atoms with Crippen molar-refractivity contribution in [1.29, 1.82) is 0 Å². The minimum atomic E-state index is -0.668. The molecule has 6 heavy (non-hydrogen) atoms. The zero-order valence-electron chi connectivity index (χ0n) is 4.78. The average molecular weight is 114 g/mol. The van der Waals surface area contributed by atoms with Crippen molar-refractivity contribution in [3.05, 3.63) is 0 Å². The summed E-state index contributed by atoms with van der Waals surface area (Å²) < 4.78 is 0. The maximum absolute atomic E-state index is 2.79. The summed E-state index contributed by atoms with van der Waals surface area (Å²) in [6, 6.07) is 0. The molecule has 1 radical (unpaired) electrons. The van der Waals surface area contributed by atoms with Gasteiger partial charge in [0.1, 0.15) is 0 Å². The average Bonchev–Trinajstić information content (AvgIpc) is 1.35. The van der Waals surface area contributed by atoms with Gasteiger partial charge >= 0.3 is 48.9 Å². The fourth-order valence-electron chi connectivity index (χ4n) is 0. The molecule has 0 aliphatic rings. The third-order valence-electron chi connectivity index (χ3n) is 0.612. The molecule has 0 aliphatic carbocycles. The molecule has 0 nitrogen and oxygen atoms in total. The second-order valence-electron chi connectivity index (χ2n) is 2.76. The third kappa shape index (κ3) is 4.75. The van der Waals surface area contributed by atoms with Gasteiger partial charge in [-0.3, -0.25) is 0 Å². The summed E-state index contributed by atoms with van der Waals surface area (Å²) >= 11 is 2.79. The molecule has 0 aromatic heterocycles. The van der Waals surface area contributed by atoms with Crippen LogP contribution >= 0.6 is 0 Å². The summed E-state index contributed by atoms with van der Waals surface area (Å²) in [4.78, 5) is 1.33. The van der Waals surface area contributed by atoms with Crippen molar-refractivity contribution < 1.29 is 0 Å². The van der Waals surface area contributed by atoms with Gasteiger partial charge < -0.3 is 0 Å². The van der Waals surface area contributed by atoms with E-state index in [0.29, 0.717) is 0 Å². The second-order valence-corrected chi connectivity index (χ2v) is 9.52. The molecule has 0 aromatic rings. The van der Waals surface area contributed by atoms with Crippen molar-refractivity contribution in [3.63, 3.8) is 0 Å². The zero-order valence-corrected chi connectivity index (χ0v) is 6.94. The van der Waals surface area contributed by atoms with E-state index in [0.717, 1.165) is 0 Å². The minimum absolute atomic E-state index is 0.668. The van der Waals surface area contributed by atoms with Crippen molar-refractivity contribution in [2.24, 2.45) is 0 Å². The number of rotatable bonds is 1. The Labute approximate surface area is 49.4 Å². The molecule has 0 saturated heterocycles. The van der Waals surface area contributed by atoms with Crippen LogP contribution in [0.1, 0.15) is 0 Å². The van der Waals surface area contributed by atoms with Crippen molar-refractivity contribution in [1.82, 2.24) is 0 Å². The Balaban J connectivity index is 3.17. The summed E-state index contributed by atoms with van der Waals surface area (Å²) in [5, 5.41) is 0.